The molecule has 0 N–H and O–H groups in total. The molecule has 1 aromatic carbocycles. The third-order valence-electron chi connectivity index (χ3n) is 1.32. The van der Waals surface area contributed by atoms with Crippen molar-refractivity contribution in [3.05, 3.63) is 35.9 Å². The van der Waals surface area contributed by atoms with Gasteiger partial charge in [0.25, 0.3) is 0 Å². The first-order valence-electron chi connectivity index (χ1n) is 3.30. The van der Waals surface area contributed by atoms with Gasteiger partial charge in [0.15, 0.2) is 0 Å². The molecule has 1 rings (SSSR count). The van der Waals surface area contributed by atoms with Gasteiger partial charge in [0.1, 0.15) is 0 Å². The van der Waals surface area contributed by atoms with Crippen molar-refractivity contribution in [3.8, 4) is 0 Å². The molecule has 59 valence electrons. The molecule has 0 aliphatic heterocycles. The molecule has 0 aliphatic carbocycles. The summed E-state index contributed by atoms with van der Waals surface area (Å²) in [6.45, 7) is 0. The Balaban J connectivity index is 0.000001000. The average molecular weight is 292 g/mol. The number of halogens is 3. The maximum absolute atomic E-state index is 12.4. The Labute approximate surface area is 86.0 Å². The van der Waals surface area contributed by atoms with Crippen LogP contribution in [0.15, 0.2) is 30.3 Å². The van der Waals surface area contributed by atoms with Crippen LogP contribution in [0.4, 0.5) is 3.32 Å². The molecule has 0 heterocycles. The molecular formula is C7H8BrClFZn. The molecule has 0 bridgehead atoms. The number of rotatable bonds is 2. The molecule has 0 aliphatic rings. The van der Waals surface area contributed by atoms with Gasteiger partial charge in [-0.3, -0.25) is 0 Å². The van der Waals surface area contributed by atoms with Gasteiger partial charge in [-0.25, -0.2) is 0 Å². The van der Waals surface area contributed by atoms with Crippen LogP contribution in [-0.2, 0) is 20.5 Å². The Morgan fingerprint density at radius 2 is 1.82 bits per heavy atom. The Bertz CT molecular complexity index is 193. The zero-order chi connectivity index (χ0) is 7.40. The maximum atomic E-state index is 12.4. The van der Waals surface area contributed by atoms with Gasteiger partial charge >= 0.3 is 69.4 Å². The molecule has 0 atom stereocenters. The van der Waals surface area contributed by atoms with E-state index in [1.54, 1.807) is 0 Å². The zero-order valence-electron chi connectivity index (χ0n) is 5.97. The molecule has 0 spiro atoms. The van der Waals surface area contributed by atoms with Crippen molar-refractivity contribution in [2.24, 2.45) is 0 Å². The van der Waals surface area contributed by atoms with Crippen molar-refractivity contribution >= 4 is 26.7 Å². The molecule has 0 saturated heterocycles. The molecule has 0 radical (unpaired) electrons. The van der Waals surface area contributed by atoms with Crippen LogP contribution in [-0.4, -0.2) is 0 Å². The third kappa shape index (κ3) is 4.89. The third-order valence-corrected chi connectivity index (χ3v) is 4.31. The van der Waals surface area contributed by atoms with Crippen molar-refractivity contribution in [1.82, 2.24) is 0 Å². The number of benzene rings is 1. The summed E-state index contributed by atoms with van der Waals surface area (Å²) in [5.41, 5.74) is 1.03. The Kier molecular flexibility index (Phi) is 6.40. The average Bonchev–Trinajstić information content (AvgIpc) is 1.88. The molecule has 11 heavy (non-hydrogen) atoms. The summed E-state index contributed by atoms with van der Waals surface area (Å²) in [6, 6.07) is 9.54. The fourth-order valence-electron chi connectivity index (χ4n) is 0.863. The van der Waals surface area contributed by atoms with E-state index in [9.17, 15) is 3.32 Å². The fraction of sp³-hybridized carbons (Fsp3) is 0.143. The zero-order valence-corrected chi connectivity index (χ0v) is 11.4. The van der Waals surface area contributed by atoms with Crippen LogP contribution in [0.1, 0.15) is 5.56 Å². The SMILES string of the molecule is Br.[F][Zn]([Cl])[CH2]c1ccccc1. The summed E-state index contributed by atoms with van der Waals surface area (Å²) in [5, 5.41) is 0.502. The summed E-state index contributed by atoms with van der Waals surface area (Å²) in [4.78, 5) is 0. The van der Waals surface area contributed by atoms with Gasteiger partial charge in [0, 0.05) is 0 Å². The summed E-state index contributed by atoms with van der Waals surface area (Å²) in [5.74, 6) is 0. The van der Waals surface area contributed by atoms with E-state index in [-0.39, 0.29) is 17.0 Å². The second-order valence-electron chi connectivity index (χ2n) is 2.21. The minimum atomic E-state index is -3.01. The molecule has 4 heteroatoms. The minimum absolute atomic E-state index is 0. The predicted octanol–water partition coefficient (Wildman–Crippen LogP) is 3.42. The molecule has 0 unspecified atom stereocenters. The molecule has 0 amide bonds. The van der Waals surface area contributed by atoms with Gasteiger partial charge in [0.2, 0.25) is 0 Å². The Morgan fingerprint density at radius 3 is 2.27 bits per heavy atom. The van der Waals surface area contributed by atoms with E-state index in [0.717, 1.165) is 5.56 Å². The first-order valence-corrected chi connectivity index (χ1v) is 10.4. The van der Waals surface area contributed by atoms with Gasteiger partial charge in [-0.1, -0.05) is 0 Å². The normalized spacial score (nSPS) is 8.55. The molecule has 0 saturated carbocycles. The number of hydrogen-bond donors (Lipinski definition) is 0. The van der Waals surface area contributed by atoms with E-state index in [1.807, 2.05) is 30.3 Å². The van der Waals surface area contributed by atoms with Gasteiger partial charge in [-0.15, -0.1) is 17.0 Å². The molecular weight excluding hydrogens is 284 g/mol. The van der Waals surface area contributed by atoms with Crippen LogP contribution in [0, 0.1) is 0 Å². The Hall–Kier alpha value is 0.543. The summed E-state index contributed by atoms with van der Waals surface area (Å²) in [7, 11) is 5.35. The molecule has 0 aromatic heterocycles. The summed E-state index contributed by atoms with van der Waals surface area (Å²) < 4.78 is 12.4. The first-order chi connectivity index (χ1) is 4.79. The van der Waals surface area contributed by atoms with E-state index < -0.39 is 15.5 Å². The predicted molar refractivity (Wildman–Crippen MR) is 47.4 cm³/mol. The summed E-state index contributed by atoms with van der Waals surface area (Å²) >= 11 is -3.01. The Morgan fingerprint density at radius 1 is 1.27 bits per heavy atom. The van der Waals surface area contributed by atoms with Crippen molar-refractivity contribution in [2.45, 2.75) is 5.02 Å². The van der Waals surface area contributed by atoms with E-state index in [2.05, 4.69) is 0 Å². The molecule has 1 aromatic rings. The van der Waals surface area contributed by atoms with Crippen molar-refractivity contribution in [3.63, 3.8) is 0 Å². The first kappa shape index (κ1) is 11.5. The van der Waals surface area contributed by atoms with Crippen molar-refractivity contribution < 1.29 is 18.8 Å². The van der Waals surface area contributed by atoms with Crippen molar-refractivity contribution in [1.29, 1.82) is 0 Å². The van der Waals surface area contributed by atoms with Crippen molar-refractivity contribution in [2.75, 3.05) is 0 Å². The van der Waals surface area contributed by atoms with Crippen LogP contribution < -0.4 is 0 Å². The van der Waals surface area contributed by atoms with Crippen LogP contribution in [0.25, 0.3) is 0 Å². The van der Waals surface area contributed by atoms with Crippen LogP contribution in [0.3, 0.4) is 0 Å². The van der Waals surface area contributed by atoms with E-state index >= 15 is 0 Å². The molecule has 0 fully saturated rings. The van der Waals surface area contributed by atoms with E-state index in [4.69, 9.17) is 9.69 Å². The van der Waals surface area contributed by atoms with E-state index in [1.165, 1.54) is 0 Å². The van der Waals surface area contributed by atoms with Crippen LogP contribution >= 0.6 is 26.7 Å². The van der Waals surface area contributed by atoms with Gasteiger partial charge in [-0.05, 0) is 0 Å². The fourth-order valence-corrected chi connectivity index (χ4v) is 3.61. The number of hydrogen-bond acceptors (Lipinski definition) is 0. The topological polar surface area (TPSA) is 0 Å². The standard InChI is InChI=1S/C7H7.BrH.ClH.FH.Zn/c1-7-5-3-2-4-6-7;;;;/h2-6H,1H2;3*1H;/q;;;;+2/p-2. The van der Waals surface area contributed by atoms with Crippen LogP contribution in [0.5, 0.6) is 0 Å². The monoisotopic (exact) mass is 289 g/mol. The second-order valence-corrected chi connectivity index (χ2v) is 8.29. The van der Waals surface area contributed by atoms with E-state index in [0.29, 0.717) is 5.02 Å². The summed E-state index contributed by atoms with van der Waals surface area (Å²) in [6.07, 6.45) is 0. The quantitative estimate of drug-likeness (QED) is 0.733. The second kappa shape index (κ2) is 6.10. The van der Waals surface area contributed by atoms with Gasteiger partial charge in [0.05, 0.1) is 0 Å². The van der Waals surface area contributed by atoms with Gasteiger partial charge < -0.3 is 0 Å². The van der Waals surface area contributed by atoms with Crippen LogP contribution in [0.2, 0.25) is 0 Å². The molecule has 0 nitrogen and oxygen atoms in total. The van der Waals surface area contributed by atoms with Gasteiger partial charge in [-0.2, -0.15) is 0 Å².